The second kappa shape index (κ2) is 8.05. The number of rotatable bonds is 6. The first-order chi connectivity index (χ1) is 12.9. The molecular weight excluding hydrogens is 364 g/mol. The van der Waals surface area contributed by atoms with E-state index in [4.69, 9.17) is 10.2 Å². The zero-order valence-electron chi connectivity index (χ0n) is 14.8. The summed E-state index contributed by atoms with van der Waals surface area (Å²) >= 11 is 1.17. The van der Waals surface area contributed by atoms with Crippen molar-refractivity contribution in [2.45, 2.75) is 24.3 Å². The maximum absolute atomic E-state index is 12.3. The van der Waals surface area contributed by atoms with Gasteiger partial charge in [0.25, 0.3) is 5.22 Å². The first-order valence-electron chi connectivity index (χ1n) is 8.20. The quantitative estimate of drug-likeness (QED) is 0.633. The lowest BCUT2D eigenvalue weighted by Gasteiger charge is -2.10. The number of aromatic nitrogens is 2. The van der Waals surface area contributed by atoms with Gasteiger partial charge in [0.1, 0.15) is 0 Å². The van der Waals surface area contributed by atoms with E-state index in [0.717, 1.165) is 11.1 Å². The Kier molecular flexibility index (Phi) is 5.56. The van der Waals surface area contributed by atoms with Crippen molar-refractivity contribution in [1.82, 2.24) is 10.2 Å². The highest BCUT2D eigenvalue weighted by Crippen LogP contribution is 2.27. The average Bonchev–Trinajstić information content (AvgIpc) is 3.11. The van der Waals surface area contributed by atoms with Crippen LogP contribution in [0.2, 0.25) is 0 Å². The minimum Gasteiger partial charge on any atom is -0.411 e. The molecule has 8 heteroatoms. The van der Waals surface area contributed by atoms with Gasteiger partial charge in [-0.3, -0.25) is 9.59 Å². The van der Waals surface area contributed by atoms with Crippen LogP contribution in [0.25, 0.3) is 11.5 Å². The first-order valence-corrected chi connectivity index (χ1v) is 9.08. The lowest BCUT2D eigenvalue weighted by atomic mass is 10.1. The normalized spacial score (nSPS) is 11.8. The molecule has 1 unspecified atom stereocenters. The highest BCUT2D eigenvalue weighted by atomic mass is 32.2. The van der Waals surface area contributed by atoms with E-state index < -0.39 is 11.2 Å². The number of anilines is 1. The number of nitrogens with two attached hydrogens (primary N) is 1. The number of amides is 2. The Morgan fingerprint density at radius 1 is 1.07 bits per heavy atom. The highest BCUT2D eigenvalue weighted by Gasteiger charge is 2.19. The van der Waals surface area contributed by atoms with Gasteiger partial charge >= 0.3 is 0 Å². The lowest BCUT2D eigenvalue weighted by molar-refractivity contribution is -0.115. The van der Waals surface area contributed by atoms with E-state index in [1.807, 2.05) is 31.2 Å². The maximum Gasteiger partial charge on any atom is 0.277 e. The molecule has 0 saturated heterocycles. The number of benzene rings is 2. The van der Waals surface area contributed by atoms with E-state index in [0.29, 0.717) is 22.4 Å². The Hall–Kier alpha value is -3.13. The summed E-state index contributed by atoms with van der Waals surface area (Å²) in [5.74, 6) is -0.327. The van der Waals surface area contributed by atoms with Gasteiger partial charge in [0, 0.05) is 16.8 Å². The standard InChI is InChI=1S/C19H18N4O3S/c1-11-3-5-14(6-4-11)18-22-23-19(26-18)27-12(2)17(25)21-15-9-7-13(8-10-15)16(20)24/h3-10,12H,1-2H3,(H2,20,24)(H,21,25). The number of aryl methyl sites for hydroxylation is 1. The Morgan fingerprint density at radius 2 is 1.74 bits per heavy atom. The molecule has 0 fully saturated rings. The van der Waals surface area contributed by atoms with Crippen LogP contribution in [0.4, 0.5) is 5.69 Å². The van der Waals surface area contributed by atoms with Crippen LogP contribution < -0.4 is 11.1 Å². The highest BCUT2D eigenvalue weighted by molar-refractivity contribution is 8.00. The fourth-order valence-corrected chi connectivity index (χ4v) is 2.92. The van der Waals surface area contributed by atoms with Crippen LogP contribution in [0.3, 0.4) is 0 Å². The van der Waals surface area contributed by atoms with Crippen LogP contribution in [0.5, 0.6) is 0 Å². The van der Waals surface area contributed by atoms with Crippen LogP contribution in [0.15, 0.2) is 58.2 Å². The van der Waals surface area contributed by atoms with Crippen molar-refractivity contribution in [3.05, 3.63) is 59.7 Å². The molecule has 2 amide bonds. The molecule has 3 aromatic rings. The maximum atomic E-state index is 12.3. The molecule has 0 aliphatic heterocycles. The van der Waals surface area contributed by atoms with Crippen LogP contribution in [-0.2, 0) is 4.79 Å². The molecule has 1 heterocycles. The predicted molar refractivity (Wildman–Crippen MR) is 103 cm³/mol. The predicted octanol–water partition coefficient (Wildman–Crippen LogP) is 3.26. The minimum absolute atomic E-state index is 0.220. The SMILES string of the molecule is Cc1ccc(-c2nnc(SC(C)C(=O)Nc3ccc(C(N)=O)cc3)o2)cc1. The molecule has 2 aromatic carbocycles. The van der Waals surface area contributed by atoms with Crippen LogP contribution in [0, 0.1) is 6.92 Å². The van der Waals surface area contributed by atoms with Crippen molar-refractivity contribution in [2.75, 3.05) is 5.32 Å². The number of hydrogen-bond donors (Lipinski definition) is 2. The molecule has 7 nitrogen and oxygen atoms in total. The van der Waals surface area contributed by atoms with E-state index in [1.54, 1.807) is 31.2 Å². The topological polar surface area (TPSA) is 111 Å². The molecule has 1 atom stereocenters. The van der Waals surface area contributed by atoms with Crippen molar-refractivity contribution in [2.24, 2.45) is 5.73 Å². The molecule has 3 N–H and O–H groups in total. The number of primary amides is 1. The summed E-state index contributed by atoms with van der Waals surface area (Å²) in [6, 6.07) is 14.1. The van der Waals surface area contributed by atoms with Gasteiger partial charge in [-0.1, -0.05) is 29.5 Å². The second-order valence-electron chi connectivity index (χ2n) is 5.93. The van der Waals surface area contributed by atoms with Crippen molar-refractivity contribution in [3.8, 4) is 11.5 Å². The average molecular weight is 382 g/mol. The van der Waals surface area contributed by atoms with Crippen molar-refractivity contribution >= 4 is 29.3 Å². The summed E-state index contributed by atoms with van der Waals surface area (Å²) in [6.45, 7) is 3.74. The third-order valence-corrected chi connectivity index (χ3v) is 4.72. The largest absolute Gasteiger partial charge is 0.411 e. The zero-order chi connectivity index (χ0) is 19.4. The number of nitrogens with zero attached hydrogens (tertiary/aromatic N) is 2. The Morgan fingerprint density at radius 3 is 2.37 bits per heavy atom. The van der Waals surface area contributed by atoms with Gasteiger partial charge in [-0.25, -0.2) is 0 Å². The molecule has 0 aliphatic rings. The Labute approximate surface area is 160 Å². The summed E-state index contributed by atoms with van der Waals surface area (Å²) in [4.78, 5) is 23.4. The van der Waals surface area contributed by atoms with Crippen LogP contribution in [0.1, 0.15) is 22.8 Å². The zero-order valence-corrected chi connectivity index (χ0v) is 15.6. The third kappa shape index (κ3) is 4.73. The van der Waals surface area contributed by atoms with E-state index in [1.165, 1.54) is 11.8 Å². The molecule has 138 valence electrons. The third-order valence-electron chi connectivity index (χ3n) is 3.79. The summed E-state index contributed by atoms with van der Waals surface area (Å²) < 4.78 is 5.63. The Balaban J connectivity index is 1.61. The number of nitrogens with one attached hydrogen (secondary N) is 1. The molecule has 1 aromatic heterocycles. The smallest absolute Gasteiger partial charge is 0.277 e. The van der Waals surface area contributed by atoms with Gasteiger partial charge in [0.05, 0.1) is 5.25 Å². The molecule has 27 heavy (non-hydrogen) atoms. The number of hydrogen-bond acceptors (Lipinski definition) is 6. The fourth-order valence-electron chi connectivity index (χ4n) is 2.24. The molecule has 0 saturated carbocycles. The van der Waals surface area contributed by atoms with Crippen molar-refractivity contribution in [1.29, 1.82) is 0 Å². The molecule has 0 radical (unpaired) electrons. The van der Waals surface area contributed by atoms with Gasteiger partial charge in [0.2, 0.25) is 17.7 Å². The minimum atomic E-state index is -0.516. The number of carbonyl (C=O) groups is 2. The van der Waals surface area contributed by atoms with Gasteiger partial charge in [-0.15, -0.1) is 10.2 Å². The van der Waals surface area contributed by atoms with E-state index in [9.17, 15) is 9.59 Å². The van der Waals surface area contributed by atoms with E-state index >= 15 is 0 Å². The molecule has 0 spiro atoms. The van der Waals surface area contributed by atoms with Crippen LogP contribution >= 0.6 is 11.8 Å². The fraction of sp³-hybridized carbons (Fsp3) is 0.158. The monoisotopic (exact) mass is 382 g/mol. The summed E-state index contributed by atoms with van der Waals surface area (Å²) in [6.07, 6.45) is 0. The second-order valence-corrected chi connectivity index (χ2v) is 7.22. The van der Waals surface area contributed by atoms with Gasteiger partial charge in [0.15, 0.2) is 0 Å². The number of thioether (sulfide) groups is 1. The van der Waals surface area contributed by atoms with Crippen LogP contribution in [-0.4, -0.2) is 27.3 Å². The lowest BCUT2D eigenvalue weighted by Crippen LogP contribution is -2.22. The summed E-state index contributed by atoms with van der Waals surface area (Å²) in [7, 11) is 0. The van der Waals surface area contributed by atoms with E-state index in [-0.39, 0.29) is 5.91 Å². The molecule has 0 aliphatic carbocycles. The molecule has 3 rings (SSSR count). The Bertz CT molecular complexity index is 952. The molecule has 0 bridgehead atoms. The first kappa shape index (κ1) is 18.7. The summed E-state index contributed by atoms with van der Waals surface area (Å²) in [5.41, 5.74) is 8.12. The number of carbonyl (C=O) groups excluding carboxylic acids is 2. The van der Waals surface area contributed by atoms with Gasteiger partial charge in [-0.05, 0) is 50.2 Å². The van der Waals surface area contributed by atoms with Crippen molar-refractivity contribution < 1.29 is 14.0 Å². The van der Waals surface area contributed by atoms with Gasteiger partial charge in [-0.2, -0.15) is 0 Å². The van der Waals surface area contributed by atoms with E-state index in [2.05, 4.69) is 15.5 Å². The summed E-state index contributed by atoms with van der Waals surface area (Å²) in [5, 5.41) is 10.7. The van der Waals surface area contributed by atoms with Crippen molar-refractivity contribution in [3.63, 3.8) is 0 Å². The molecular formula is C19H18N4O3S. The van der Waals surface area contributed by atoms with Gasteiger partial charge < -0.3 is 15.5 Å².